The molecule has 1 N–H and O–H groups in total. The highest BCUT2D eigenvalue weighted by Gasteiger charge is 2.52. The van der Waals surface area contributed by atoms with Crippen molar-refractivity contribution in [2.75, 3.05) is 13.1 Å². The number of ether oxygens (including phenoxy) is 1. The molecular formula is C18H20F4N2O3. The minimum absolute atomic E-state index is 0.206. The summed E-state index contributed by atoms with van der Waals surface area (Å²) in [4.78, 5) is 25.2. The van der Waals surface area contributed by atoms with Crippen LogP contribution in [0.5, 0.6) is 5.75 Å². The van der Waals surface area contributed by atoms with Crippen LogP contribution < -0.4 is 10.1 Å². The van der Waals surface area contributed by atoms with Gasteiger partial charge in [-0.2, -0.15) is 13.2 Å². The first-order chi connectivity index (χ1) is 12.4. The Kier molecular flexibility index (Phi) is 5.82. The maximum atomic E-state index is 13.3. The van der Waals surface area contributed by atoms with Crippen LogP contribution in [0.4, 0.5) is 17.6 Å². The Hall–Kier alpha value is -2.58. The van der Waals surface area contributed by atoms with Gasteiger partial charge in [0.25, 0.3) is 5.91 Å². The zero-order valence-electron chi connectivity index (χ0n) is 14.8. The van der Waals surface area contributed by atoms with Crippen molar-refractivity contribution in [1.29, 1.82) is 0 Å². The van der Waals surface area contributed by atoms with Crippen LogP contribution in [0.3, 0.4) is 0 Å². The third kappa shape index (κ3) is 4.99. The summed E-state index contributed by atoms with van der Waals surface area (Å²) in [6, 6.07) is 3.65. The second-order valence-electron chi connectivity index (χ2n) is 6.74. The number of likely N-dealkylation sites (tertiary alicyclic amines) is 1. The first-order valence-corrected chi connectivity index (χ1v) is 8.17. The van der Waals surface area contributed by atoms with Crippen molar-refractivity contribution in [3.8, 4) is 5.75 Å². The van der Waals surface area contributed by atoms with Gasteiger partial charge in [0.2, 0.25) is 5.91 Å². The molecule has 9 heteroatoms. The van der Waals surface area contributed by atoms with Crippen molar-refractivity contribution in [2.45, 2.75) is 31.7 Å². The fraction of sp³-hybridized carbons (Fsp3) is 0.444. The summed E-state index contributed by atoms with van der Waals surface area (Å²) in [7, 11) is 0. The third-order valence-corrected chi connectivity index (χ3v) is 4.24. The lowest BCUT2D eigenvalue weighted by Crippen LogP contribution is -2.49. The molecule has 1 aromatic carbocycles. The second kappa shape index (κ2) is 7.58. The second-order valence-corrected chi connectivity index (χ2v) is 6.74. The molecule has 2 amide bonds. The number of carbonyl (C=O) groups is 2. The number of benzene rings is 1. The summed E-state index contributed by atoms with van der Waals surface area (Å²) >= 11 is 0. The number of nitrogens with zero attached hydrogens (tertiary/aromatic N) is 1. The zero-order valence-corrected chi connectivity index (χ0v) is 14.8. The SMILES string of the molecule is C=CC(=O)N[C@@H]1CN(C(=O)C(C)(C)Oc2ccc(F)cc2)C[C@H]1C(F)(F)F. The molecule has 1 saturated heterocycles. The molecule has 1 aliphatic rings. The number of halogens is 4. The first kappa shape index (κ1) is 20.7. The summed E-state index contributed by atoms with van der Waals surface area (Å²) < 4.78 is 58.4. The fourth-order valence-electron chi connectivity index (χ4n) is 2.91. The monoisotopic (exact) mass is 388 g/mol. The molecule has 1 aromatic rings. The summed E-state index contributed by atoms with van der Waals surface area (Å²) in [5, 5.41) is 2.22. The molecule has 0 aliphatic carbocycles. The topological polar surface area (TPSA) is 58.6 Å². The lowest BCUT2D eigenvalue weighted by atomic mass is 10.0. The Labute approximate surface area is 154 Å². The van der Waals surface area contributed by atoms with E-state index < -0.39 is 47.9 Å². The van der Waals surface area contributed by atoms with Gasteiger partial charge in [0.1, 0.15) is 11.6 Å². The Morgan fingerprint density at radius 3 is 2.33 bits per heavy atom. The molecular weight excluding hydrogens is 368 g/mol. The normalized spacial score (nSPS) is 20.3. The van der Waals surface area contributed by atoms with E-state index >= 15 is 0 Å². The van der Waals surface area contributed by atoms with Crippen LogP contribution in [0, 0.1) is 11.7 Å². The number of carbonyl (C=O) groups excluding carboxylic acids is 2. The highest BCUT2D eigenvalue weighted by atomic mass is 19.4. The van der Waals surface area contributed by atoms with Gasteiger partial charge in [0.15, 0.2) is 5.60 Å². The van der Waals surface area contributed by atoms with E-state index in [9.17, 15) is 27.2 Å². The highest BCUT2D eigenvalue weighted by molar-refractivity contribution is 5.88. The van der Waals surface area contributed by atoms with Crippen molar-refractivity contribution in [3.05, 3.63) is 42.7 Å². The molecule has 27 heavy (non-hydrogen) atoms. The minimum atomic E-state index is -4.59. The van der Waals surface area contributed by atoms with Gasteiger partial charge in [-0.15, -0.1) is 0 Å². The minimum Gasteiger partial charge on any atom is -0.478 e. The quantitative estimate of drug-likeness (QED) is 0.623. The van der Waals surface area contributed by atoms with Crippen LogP contribution in [-0.2, 0) is 9.59 Å². The highest BCUT2D eigenvalue weighted by Crippen LogP contribution is 2.35. The molecule has 0 saturated carbocycles. The molecule has 0 spiro atoms. The lowest BCUT2D eigenvalue weighted by Gasteiger charge is -2.30. The zero-order chi connectivity index (χ0) is 20.4. The predicted molar refractivity (Wildman–Crippen MR) is 89.4 cm³/mol. The van der Waals surface area contributed by atoms with Gasteiger partial charge < -0.3 is 15.0 Å². The summed E-state index contributed by atoms with van der Waals surface area (Å²) in [6.45, 7) is 5.14. The maximum Gasteiger partial charge on any atom is 0.395 e. The van der Waals surface area contributed by atoms with E-state index in [1.807, 2.05) is 0 Å². The van der Waals surface area contributed by atoms with Gasteiger partial charge in [-0.1, -0.05) is 6.58 Å². The molecule has 2 atom stereocenters. The Morgan fingerprint density at radius 1 is 1.22 bits per heavy atom. The Morgan fingerprint density at radius 2 is 1.81 bits per heavy atom. The maximum absolute atomic E-state index is 13.3. The van der Waals surface area contributed by atoms with Gasteiger partial charge in [0.05, 0.1) is 12.0 Å². The molecule has 2 rings (SSSR count). The van der Waals surface area contributed by atoms with E-state index in [4.69, 9.17) is 4.74 Å². The van der Waals surface area contributed by atoms with Crippen molar-refractivity contribution >= 4 is 11.8 Å². The number of alkyl halides is 3. The smallest absolute Gasteiger partial charge is 0.395 e. The molecule has 148 valence electrons. The Balaban J connectivity index is 2.15. The molecule has 5 nitrogen and oxygen atoms in total. The average Bonchev–Trinajstić information content (AvgIpc) is 2.99. The largest absolute Gasteiger partial charge is 0.478 e. The molecule has 1 heterocycles. The van der Waals surface area contributed by atoms with Crippen molar-refractivity contribution < 1.29 is 31.9 Å². The van der Waals surface area contributed by atoms with E-state index in [-0.39, 0.29) is 12.3 Å². The summed E-state index contributed by atoms with van der Waals surface area (Å²) in [5.74, 6) is -3.59. The molecule has 0 radical (unpaired) electrons. The first-order valence-electron chi connectivity index (χ1n) is 8.17. The number of hydrogen-bond acceptors (Lipinski definition) is 3. The van der Waals surface area contributed by atoms with Crippen LogP contribution in [0.15, 0.2) is 36.9 Å². The average molecular weight is 388 g/mol. The van der Waals surface area contributed by atoms with Crippen LogP contribution in [0.25, 0.3) is 0 Å². The van der Waals surface area contributed by atoms with E-state index in [1.165, 1.54) is 26.0 Å². The number of amides is 2. The third-order valence-electron chi connectivity index (χ3n) is 4.24. The number of nitrogens with one attached hydrogen (secondary N) is 1. The van der Waals surface area contributed by atoms with Crippen molar-refractivity contribution in [2.24, 2.45) is 5.92 Å². The number of rotatable bonds is 5. The number of hydrogen-bond donors (Lipinski definition) is 1. The lowest BCUT2D eigenvalue weighted by molar-refractivity contribution is -0.176. The van der Waals surface area contributed by atoms with E-state index in [1.54, 1.807) is 0 Å². The van der Waals surface area contributed by atoms with Crippen LogP contribution >= 0.6 is 0 Å². The summed E-state index contributed by atoms with van der Waals surface area (Å²) in [6.07, 6.45) is -3.71. The Bertz CT molecular complexity index is 716. The van der Waals surface area contributed by atoms with Gasteiger partial charge >= 0.3 is 6.18 Å². The molecule has 0 unspecified atom stereocenters. The van der Waals surface area contributed by atoms with Gasteiger partial charge in [0, 0.05) is 13.1 Å². The van der Waals surface area contributed by atoms with Crippen LogP contribution in [0.2, 0.25) is 0 Å². The predicted octanol–water partition coefficient (Wildman–Crippen LogP) is 2.67. The van der Waals surface area contributed by atoms with Crippen LogP contribution in [0.1, 0.15) is 13.8 Å². The molecule has 0 aromatic heterocycles. The molecule has 0 bridgehead atoms. The van der Waals surface area contributed by atoms with Crippen LogP contribution in [-0.4, -0.2) is 47.6 Å². The van der Waals surface area contributed by atoms with Gasteiger partial charge in [-0.05, 0) is 44.2 Å². The van der Waals surface area contributed by atoms with Gasteiger partial charge in [-0.3, -0.25) is 9.59 Å². The molecule has 1 aliphatic heterocycles. The standard InChI is InChI=1S/C18H20F4N2O3/c1-4-15(25)23-14-10-24(9-13(14)18(20,21)22)16(26)17(2,3)27-12-7-5-11(19)6-8-12/h4-8,13-14H,1,9-10H2,2-3H3,(H,23,25)/t13-,14-/m1/s1. The van der Waals surface area contributed by atoms with E-state index in [0.29, 0.717) is 0 Å². The van der Waals surface area contributed by atoms with Gasteiger partial charge in [-0.25, -0.2) is 4.39 Å². The molecule has 1 fully saturated rings. The van der Waals surface area contributed by atoms with Crippen molar-refractivity contribution in [1.82, 2.24) is 10.2 Å². The fourth-order valence-corrected chi connectivity index (χ4v) is 2.91. The summed E-state index contributed by atoms with van der Waals surface area (Å²) in [5.41, 5.74) is -1.48. The van der Waals surface area contributed by atoms with E-state index in [2.05, 4.69) is 11.9 Å². The van der Waals surface area contributed by atoms with E-state index in [0.717, 1.165) is 23.1 Å². The van der Waals surface area contributed by atoms with Crippen molar-refractivity contribution in [3.63, 3.8) is 0 Å².